The molecule has 0 aliphatic carbocycles. The number of hydrogen-bond donors (Lipinski definition) is 0. The molecule has 0 atom stereocenters. The van der Waals surface area contributed by atoms with Crippen molar-refractivity contribution in [1.82, 2.24) is 4.98 Å². The summed E-state index contributed by atoms with van der Waals surface area (Å²) in [5.41, 5.74) is 1.01. The quantitative estimate of drug-likeness (QED) is 0.481. The van der Waals surface area contributed by atoms with Crippen LogP contribution in [0.1, 0.15) is 11.1 Å². The van der Waals surface area contributed by atoms with Crippen LogP contribution < -0.4 is 4.57 Å². The highest BCUT2D eigenvalue weighted by molar-refractivity contribution is 6.45. The van der Waals surface area contributed by atoms with Crippen LogP contribution in [0.2, 0.25) is 15.2 Å². The number of nitrogens with zero attached hydrogens (tertiary/aromatic N) is 5. The third-order valence-electron chi connectivity index (χ3n) is 2.60. The van der Waals surface area contributed by atoms with Crippen LogP contribution >= 0.6 is 34.8 Å². The van der Waals surface area contributed by atoms with E-state index in [2.05, 4.69) is 15.2 Å². The first-order valence-electron chi connectivity index (χ1n) is 5.79. The lowest BCUT2D eigenvalue weighted by Gasteiger charge is -2.02. The summed E-state index contributed by atoms with van der Waals surface area (Å²) < 4.78 is 1.92. The third-order valence-corrected chi connectivity index (χ3v) is 3.70. The average Bonchev–Trinajstić information content (AvgIpc) is 2.47. The number of pyridine rings is 2. The van der Waals surface area contributed by atoms with Crippen LogP contribution in [0, 0.1) is 11.3 Å². The molecule has 2 rings (SSSR count). The van der Waals surface area contributed by atoms with Gasteiger partial charge in [-0.05, 0) is 5.56 Å². The minimum Gasteiger partial charge on any atom is -0.212 e. The fraction of sp³-hybridized carbons (Fsp3) is 0.154. The highest BCUT2D eigenvalue weighted by atomic mass is 35.5. The number of rotatable bonds is 3. The van der Waals surface area contributed by atoms with Gasteiger partial charge in [-0.15, -0.1) is 5.11 Å². The molecule has 0 aromatic carbocycles. The van der Waals surface area contributed by atoms with Crippen molar-refractivity contribution in [2.75, 3.05) is 0 Å². The van der Waals surface area contributed by atoms with E-state index in [1.165, 1.54) is 0 Å². The number of azo groups is 1. The average molecular weight is 342 g/mol. The Morgan fingerprint density at radius 1 is 1.24 bits per heavy atom. The lowest BCUT2D eigenvalue weighted by Crippen LogP contribution is -2.25. The largest absolute Gasteiger partial charge is 0.212 e. The predicted octanol–water partition coefficient (Wildman–Crippen LogP) is 4.02. The van der Waals surface area contributed by atoms with E-state index in [1.54, 1.807) is 0 Å². The van der Waals surface area contributed by atoms with Crippen LogP contribution in [0.5, 0.6) is 0 Å². The van der Waals surface area contributed by atoms with Crippen LogP contribution in [0.25, 0.3) is 0 Å². The van der Waals surface area contributed by atoms with E-state index in [-0.39, 0.29) is 26.6 Å². The molecule has 0 amide bonds. The predicted molar refractivity (Wildman–Crippen MR) is 79.8 cm³/mol. The van der Waals surface area contributed by atoms with E-state index in [0.29, 0.717) is 6.54 Å². The second-order valence-electron chi connectivity index (χ2n) is 4.11. The van der Waals surface area contributed by atoms with Crippen molar-refractivity contribution >= 4 is 40.6 Å². The molecular weight excluding hydrogens is 333 g/mol. The first-order chi connectivity index (χ1) is 10.0. The van der Waals surface area contributed by atoms with Crippen LogP contribution in [-0.2, 0) is 13.6 Å². The Bertz CT molecular complexity index is 735. The second kappa shape index (κ2) is 6.81. The molecule has 2 aromatic rings. The van der Waals surface area contributed by atoms with Crippen molar-refractivity contribution < 1.29 is 4.57 Å². The van der Waals surface area contributed by atoms with Crippen molar-refractivity contribution in [3.8, 4) is 6.07 Å². The lowest BCUT2D eigenvalue weighted by molar-refractivity contribution is -0.671. The van der Waals surface area contributed by atoms with Gasteiger partial charge in [0.05, 0.1) is 11.6 Å². The topological polar surface area (TPSA) is 65.3 Å². The van der Waals surface area contributed by atoms with Gasteiger partial charge in [0.1, 0.15) is 23.7 Å². The summed E-state index contributed by atoms with van der Waals surface area (Å²) in [6.45, 7) is 0.369. The van der Waals surface area contributed by atoms with Gasteiger partial charge < -0.3 is 0 Å². The summed E-state index contributed by atoms with van der Waals surface area (Å²) in [5, 5.41) is 16.8. The van der Waals surface area contributed by atoms with Gasteiger partial charge in [0.15, 0.2) is 23.4 Å². The monoisotopic (exact) mass is 340 g/mol. The number of nitriles is 1. The van der Waals surface area contributed by atoms with Gasteiger partial charge in [-0.3, -0.25) is 0 Å². The van der Waals surface area contributed by atoms with Gasteiger partial charge in [0.2, 0.25) is 0 Å². The van der Waals surface area contributed by atoms with Crippen molar-refractivity contribution in [2.24, 2.45) is 17.3 Å². The molecule has 0 radical (unpaired) electrons. The van der Waals surface area contributed by atoms with Crippen molar-refractivity contribution in [2.45, 2.75) is 6.54 Å². The van der Waals surface area contributed by atoms with Gasteiger partial charge in [-0.25, -0.2) is 9.55 Å². The normalized spacial score (nSPS) is 10.8. The standard InChI is InChI=1S/C13H9Cl3N5/c1-21-4-2-8(3-5-21)7-18-20-13-11(15)10(14)9(6-17)12(16)19-13/h2-5H,7H2,1H3/q+1. The number of hydrogen-bond acceptors (Lipinski definition) is 4. The van der Waals surface area contributed by atoms with Crippen LogP contribution in [-0.4, -0.2) is 4.98 Å². The Kier molecular flexibility index (Phi) is 5.07. The number of halogens is 3. The summed E-state index contributed by atoms with van der Waals surface area (Å²) >= 11 is 17.8. The zero-order chi connectivity index (χ0) is 15.4. The maximum absolute atomic E-state index is 8.89. The summed E-state index contributed by atoms with van der Waals surface area (Å²) in [6, 6.07) is 5.68. The molecule has 0 spiro atoms. The number of aromatic nitrogens is 2. The van der Waals surface area contributed by atoms with Crippen molar-refractivity contribution in [3.63, 3.8) is 0 Å². The highest BCUT2D eigenvalue weighted by Crippen LogP contribution is 2.36. The molecule has 106 valence electrons. The molecule has 0 saturated heterocycles. The number of aryl methyl sites for hydroxylation is 1. The van der Waals surface area contributed by atoms with Crippen molar-refractivity contribution in [1.29, 1.82) is 5.26 Å². The van der Waals surface area contributed by atoms with E-state index in [0.717, 1.165) is 5.56 Å². The smallest absolute Gasteiger partial charge is 0.195 e. The molecule has 0 saturated carbocycles. The molecule has 0 bridgehead atoms. The maximum atomic E-state index is 8.89. The molecule has 5 nitrogen and oxygen atoms in total. The first kappa shape index (κ1) is 15.6. The Morgan fingerprint density at radius 2 is 1.90 bits per heavy atom. The third kappa shape index (κ3) is 3.67. The van der Waals surface area contributed by atoms with Gasteiger partial charge >= 0.3 is 0 Å². The van der Waals surface area contributed by atoms with E-state index in [9.17, 15) is 0 Å². The minimum absolute atomic E-state index is 0.0258. The van der Waals surface area contributed by atoms with Gasteiger partial charge in [-0.2, -0.15) is 10.4 Å². The van der Waals surface area contributed by atoms with Gasteiger partial charge in [-0.1, -0.05) is 34.8 Å². The molecule has 0 aliphatic rings. The zero-order valence-electron chi connectivity index (χ0n) is 10.9. The molecular formula is C13H9Cl3N5+. The summed E-state index contributed by atoms with van der Waals surface area (Å²) in [6.07, 6.45) is 3.82. The Labute approximate surface area is 136 Å². The Hall–Kier alpha value is -1.74. The molecule has 0 N–H and O–H groups in total. The minimum atomic E-state index is -0.0485. The Balaban J connectivity index is 2.22. The van der Waals surface area contributed by atoms with Gasteiger partial charge in [0.25, 0.3) is 0 Å². The molecule has 0 aliphatic heterocycles. The van der Waals surface area contributed by atoms with E-state index < -0.39 is 0 Å². The van der Waals surface area contributed by atoms with E-state index in [1.807, 2.05) is 42.2 Å². The summed E-state index contributed by atoms with van der Waals surface area (Å²) in [5.74, 6) is 0.0900. The molecule has 21 heavy (non-hydrogen) atoms. The summed E-state index contributed by atoms with van der Waals surface area (Å²) in [4.78, 5) is 3.91. The fourth-order valence-electron chi connectivity index (χ4n) is 1.48. The maximum Gasteiger partial charge on any atom is 0.195 e. The second-order valence-corrected chi connectivity index (χ2v) is 5.23. The molecule has 2 aromatic heterocycles. The zero-order valence-corrected chi connectivity index (χ0v) is 13.2. The highest BCUT2D eigenvalue weighted by Gasteiger charge is 2.15. The SMILES string of the molecule is C[n+]1ccc(CN=Nc2nc(Cl)c(C#N)c(Cl)c2Cl)cc1. The van der Waals surface area contributed by atoms with Gasteiger partial charge in [0, 0.05) is 12.1 Å². The molecule has 2 heterocycles. The van der Waals surface area contributed by atoms with Crippen LogP contribution in [0.4, 0.5) is 5.82 Å². The Morgan fingerprint density at radius 3 is 2.52 bits per heavy atom. The molecule has 8 heteroatoms. The molecule has 0 unspecified atom stereocenters. The lowest BCUT2D eigenvalue weighted by atomic mass is 10.3. The van der Waals surface area contributed by atoms with Crippen molar-refractivity contribution in [3.05, 3.63) is 50.9 Å². The fourth-order valence-corrected chi connectivity index (χ4v) is 2.14. The van der Waals surface area contributed by atoms with E-state index in [4.69, 9.17) is 40.1 Å². The van der Waals surface area contributed by atoms with Crippen LogP contribution in [0.3, 0.4) is 0 Å². The van der Waals surface area contributed by atoms with E-state index >= 15 is 0 Å². The molecule has 0 fully saturated rings. The first-order valence-corrected chi connectivity index (χ1v) is 6.92. The van der Waals surface area contributed by atoms with Crippen LogP contribution in [0.15, 0.2) is 34.8 Å². The summed E-state index contributed by atoms with van der Waals surface area (Å²) in [7, 11) is 1.93.